The molecule has 1 heterocycles. The van der Waals surface area contributed by atoms with Gasteiger partial charge >= 0.3 is 31.4 Å². The van der Waals surface area contributed by atoms with E-state index in [9.17, 15) is 19.2 Å². The van der Waals surface area contributed by atoms with Crippen molar-refractivity contribution in [2.45, 2.75) is 176 Å². The molecule has 1 fully saturated rings. The van der Waals surface area contributed by atoms with Gasteiger partial charge in [0.05, 0.1) is 17.7 Å². The zero-order valence-corrected chi connectivity index (χ0v) is 33.1. The lowest BCUT2D eigenvalue weighted by molar-refractivity contribution is -0.168. The number of alkyl carbamates (subject to hydrolysis) is 2. The number of unbranched alkanes of at least 4 members (excludes halogenated alkanes) is 1. The van der Waals surface area contributed by atoms with Gasteiger partial charge in [-0.15, -0.1) is 0 Å². The number of aliphatic imine (C=N–C) groups is 1. The molecule has 15 heteroatoms. The highest BCUT2D eigenvalue weighted by Gasteiger charge is 2.51. The van der Waals surface area contributed by atoms with Crippen LogP contribution >= 0.6 is 0 Å². The molecule has 0 bridgehead atoms. The summed E-state index contributed by atoms with van der Waals surface area (Å²) in [7, 11) is 0.981. The summed E-state index contributed by atoms with van der Waals surface area (Å²) >= 11 is 0. The van der Waals surface area contributed by atoms with Crippen LogP contribution in [0.25, 0.3) is 0 Å². The molecule has 0 radical (unpaired) electrons. The minimum absolute atomic E-state index is 0.0762. The molecule has 1 aliphatic rings. The van der Waals surface area contributed by atoms with Crippen molar-refractivity contribution < 1.29 is 47.4 Å². The van der Waals surface area contributed by atoms with Gasteiger partial charge in [-0.05, 0) is 124 Å². The van der Waals surface area contributed by atoms with Crippen LogP contribution < -0.4 is 10.6 Å². The van der Waals surface area contributed by atoms with E-state index in [-0.39, 0.29) is 12.4 Å². The second kappa shape index (κ2) is 15.9. The van der Waals surface area contributed by atoms with Crippen LogP contribution in [0.2, 0.25) is 6.32 Å². The third kappa shape index (κ3) is 15.2. The number of hydrogen-bond acceptors (Lipinski definition) is 11. The van der Waals surface area contributed by atoms with Crippen molar-refractivity contribution in [2.75, 3.05) is 13.6 Å². The van der Waals surface area contributed by atoms with Gasteiger partial charge in [-0.3, -0.25) is 15.5 Å². The molecule has 0 saturated carbocycles. The van der Waals surface area contributed by atoms with E-state index in [1.54, 1.807) is 83.1 Å². The van der Waals surface area contributed by atoms with Gasteiger partial charge in [0.2, 0.25) is 5.96 Å². The van der Waals surface area contributed by atoms with Gasteiger partial charge in [0.25, 0.3) is 0 Å². The van der Waals surface area contributed by atoms with Gasteiger partial charge in [-0.25, -0.2) is 24.2 Å². The second-order valence-electron chi connectivity index (χ2n) is 17.4. The van der Waals surface area contributed by atoms with Gasteiger partial charge in [-0.2, -0.15) is 0 Å². The van der Waals surface area contributed by atoms with Crippen molar-refractivity contribution in [3.8, 4) is 0 Å². The maximum Gasteiger partial charge on any atom is 0.457 e. The zero-order chi connectivity index (χ0) is 38.4. The van der Waals surface area contributed by atoms with Crippen molar-refractivity contribution in [2.24, 2.45) is 4.99 Å². The van der Waals surface area contributed by atoms with Crippen LogP contribution in [0.5, 0.6) is 0 Å². The number of nitrogens with zero attached hydrogens (tertiary/aromatic N) is 2. The van der Waals surface area contributed by atoms with E-state index in [0.29, 0.717) is 19.2 Å². The van der Waals surface area contributed by atoms with E-state index in [0.717, 1.165) is 0 Å². The van der Waals surface area contributed by atoms with E-state index in [2.05, 4.69) is 15.6 Å². The van der Waals surface area contributed by atoms with Crippen LogP contribution in [0.3, 0.4) is 0 Å². The fourth-order valence-electron chi connectivity index (χ4n) is 4.47. The molecule has 3 amide bonds. The molecule has 1 aliphatic heterocycles. The predicted octanol–water partition coefficient (Wildman–Crippen LogP) is 6.60. The highest BCUT2D eigenvalue weighted by Crippen LogP contribution is 2.38. The number of rotatable bonds is 9. The Morgan fingerprint density at radius 3 is 1.47 bits per heavy atom. The Morgan fingerprint density at radius 2 is 1.08 bits per heavy atom. The smallest absolute Gasteiger partial charge is 0.457 e. The first-order chi connectivity index (χ1) is 21.8. The third-order valence-corrected chi connectivity index (χ3v) is 7.41. The summed E-state index contributed by atoms with van der Waals surface area (Å²) in [6.07, 6.45) is -1.02. The minimum Gasteiger partial charge on any atom is -0.458 e. The molecule has 282 valence electrons. The Labute approximate surface area is 294 Å². The normalized spacial score (nSPS) is 17.3. The molecule has 14 nitrogen and oxygen atoms in total. The van der Waals surface area contributed by atoms with Gasteiger partial charge in [0.15, 0.2) is 5.54 Å². The van der Waals surface area contributed by atoms with Crippen molar-refractivity contribution >= 4 is 37.3 Å². The summed E-state index contributed by atoms with van der Waals surface area (Å²) in [5.74, 6) is -1.10. The number of amides is 3. The largest absolute Gasteiger partial charge is 0.458 e. The van der Waals surface area contributed by atoms with Crippen molar-refractivity contribution in [3.05, 3.63) is 0 Å². The molecule has 0 aromatic heterocycles. The van der Waals surface area contributed by atoms with E-state index in [4.69, 9.17) is 28.3 Å². The van der Waals surface area contributed by atoms with Crippen LogP contribution in [0.4, 0.5) is 14.4 Å². The summed E-state index contributed by atoms with van der Waals surface area (Å²) in [5, 5.41) is 4.87. The molecular formula is C34H63BN4O10. The van der Waals surface area contributed by atoms with Crippen molar-refractivity contribution in [1.82, 2.24) is 15.5 Å². The number of ether oxygens (including phenoxy) is 4. The van der Waals surface area contributed by atoms with Crippen molar-refractivity contribution in [3.63, 3.8) is 0 Å². The average molecular weight is 699 g/mol. The lowest BCUT2D eigenvalue weighted by Gasteiger charge is -2.40. The Kier molecular flexibility index (Phi) is 14.2. The van der Waals surface area contributed by atoms with Gasteiger partial charge < -0.3 is 28.3 Å². The van der Waals surface area contributed by atoms with Crippen LogP contribution in [0.15, 0.2) is 4.99 Å². The molecule has 0 aromatic carbocycles. The summed E-state index contributed by atoms with van der Waals surface area (Å²) < 4.78 is 34.6. The lowest BCUT2D eigenvalue weighted by Crippen LogP contribution is -2.60. The highest BCUT2D eigenvalue weighted by atomic mass is 16.7. The Morgan fingerprint density at radius 1 is 0.673 bits per heavy atom. The molecule has 0 spiro atoms. The fraction of sp³-hybridized carbons (Fsp3) is 0.853. The molecular weight excluding hydrogens is 635 g/mol. The van der Waals surface area contributed by atoms with E-state index in [1.165, 1.54) is 11.9 Å². The Balaban J connectivity index is 3.64. The number of carbonyl (C=O) groups is 4. The van der Waals surface area contributed by atoms with Crippen LogP contribution in [0, 0.1) is 0 Å². The lowest BCUT2D eigenvalue weighted by atomic mass is 9.80. The zero-order valence-electron chi connectivity index (χ0n) is 33.1. The third-order valence-electron chi connectivity index (χ3n) is 7.41. The molecule has 0 aromatic rings. The monoisotopic (exact) mass is 698 g/mol. The van der Waals surface area contributed by atoms with E-state index in [1.807, 2.05) is 27.7 Å². The van der Waals surface area contributed by atoms with Gasteiger partial charge in [0, 0.05) is 7.05 Å². The Hall–Kier alpha value is -3.07. The number of nitrogens with one attached hydrogen (secondary N) is 2. The number of guanidine groups is 1. The van der Waals surface area contributed by atoms with Gasteiger partial charge in [-0.1, -0.05) is 12.8 Å². The molecule has 0 aliphatic carbocycles. The predicted molar refractivity (Wildman–Crippen MR) is 188 cm³/mol. The number of carbonyl (C=O) groups excluding carboxylic acids is 4. The summed E-state index contributed by atoms with van der Waals surface area (Å²) in [6, 6.07) is 0. The minimum atomic E-state index is -1.75. The van der Waals surface area contributed by atoms with E-state index < -0.39 is 77.1 Å². The second-order valence-corrected chi connectivity index (χ2v) is 17.4. The summed E-state index contributed by atoms with van der Waals surface area (Å²) in [6.45, 7) is 27.8. The van der Waals surface area contributed by atoms with Crippen molar-refractivity contribution in [1.29, 1.82) is 0 Å². The first kappa shape index (κ1) is 44.0. The van der Waals surface area contributed by atoms with Crippen LogP contribution in [-0.2, 0) is 33.1 Å². The molecule has 2 N–H and O–H groups in total. The molecule has 1 rings (SSSR count). The standard InChI is InChI=1S/C34H63BN4O10/c1-28(2,3)44-23(40)34(39(17)27(43)47-31(10,11)12,20-18-19-21-35-48-32(13,14)33(15,16)49-35)22-36-24(37-25(41)45-29(4,5)6)38-26(42)46-30(7,8)9/h18-22H2,1-17H3,(H2,36,37,38,41,42). The fourth-order valence-corrected chi connectivity index (χ4v) is 4.47. The number of likely N-dealkylation sites (N-methyl/N-ethyl adjacent to an activating group) is 1. The first-order valence-electron chi connectivity index (χ1n) is 16.9. The molecule has 1 atom stereocenters. The summed E-state index contributed by atoms with van der Waals surface area (Å²) in [5.41, 5.74) is -6.29. The first-order valence-corrected chi connectivity index (χ1v) is 16.9. The van der Waals surface area contributed by atoms with Crippen LogP contribution in [-0.4, -0.2) is 95.0 Å². The topological polar surface area (TPSA) is 163 Å². The van der Waals surface area contributed by atoms with Crippen LogP contribution in [0.1, 0.15) is 130 Å². The maximum absolute atomic E-state index is 14.2. The quantitative estimate of drug-likeness (QED) is 0.0670. The molecule has 49 heavy (non-hydrogen) atoms. The highest BCUT2D eigenvalue weighted by molar-refractivity contribution is 6.45. The summed E-state index contributed by atoms with van der Waals surface area (Å²) in [4.78, 5) is 59.1. The average Bonchev–Trinajstić information content (AvgIpc) is 3.04. The Bertz CT molecular complexity index is 1160. The van der Waals surface area contributed by atoms with Gasteiger partial charge in [0.1, 0.15) is 22.4 Å². The maximum atomic E-state index is 14.2. The SMILES string of the molecule is CN(C(=O)OC(C)(C)C)C(CCCCB1OC(C)(C)C(C)(C)O1)(CN=C(NC(=O)OC(C)(C)C)NC(=O)OC(C)(C)C)C(=O)OC(C)(C)C. The molecule has 1 unspecified atom stereocenters. The number of esters is 1. The van der Waals surface area contributed by atoms with E-state index >= 15 is 0 Å². The molecule has 1 saturated heterocycles. The number of hydrogen-bond donors (Lipinski definition) is 2.